The third-order valence-electron chi connectivity index (χ3n) is 0.615. The second kappa shape index (κ2) is 4.88. The molecule has 0 aromatic carbocycles. The van der Waals surface area contributed by atoms with Crippen LogP contribution in [-0.4, -0.2) is 17.0 Å². The molecule has 0 aliphatic rings. The van der Waals surface area contributed by atoms with Crippen LogP contribution in [0, 0.1) is 0 Å². The fourth-order valence-electron chi connectivity index (χ4n) is 0.206. The number of esters is 1. The lowest BCUT2D eigenvalue weighted by Crippen LogP contribution is -1.94. The van der Waals surface area contributed by atoms with Crippen LogP contribution in [0.2, 0.25) is 0 Å². The second-order valence-corrected chi connectivity index (χ2v) is 1.65. The molecule has 0 amide bonds. The van der Waals surface area contributed by atoms with E-state index in [4.69, 9.17) is 16.7 Å². The van der Waals surface area contributed by atoms with Crippen LogP contribution in [0.3, 0.4) is 0 Å². The first kappa shape index (κ1) is 9.04. The molecular weight excluding hydrogens is 156 g/mol. The summed E-state index contributed by atoms with van der Waals surface area (Å²) in [5.41, 5.74) is 0. The molecule has 0 saturated heterocycles. The highest BCUT2D eigenvalue weighted by molar-refractivity contribution is 6.19. The largest absolute Gasteiger partial charge is 0.508 e. The summed E-state index contributed by atoms with van der Waals surface area (Å²) < 4.78 is 4.29. The van der Waals surface area contributed by atoms with E-state index in [0.717, 1.165) is 12.3 Å². The maximum atomic E-state index is 10.3. The lowest BCUT2D eigenvalue weighted by atomic mass is 10.6. The monoisotopic (exact) mass is 162 g/mol. The maximum Gasteiger partial charge on any atom is 0.335 e. The number of carbonyl (C=O) groups excluding carboxylic acids is 1. The van der Waals surface area contributed by atoms with E-state index in [1.54, 1.807) is 0 Å². The molecule has 0 spiro atoms. The van der Waals surface area contributed by atoms with Crippen LogP contribution >= 0.6 is 11.6 Å². The van der Waals surface area contributed by atoms with Crippen molar-refractivity contribution in [1.29, 1.82) is 0 Å². The molecule has 0 aliphatic carbocycles. The van der Waals surface area contributed by atoms with Gasteiger partial charge in [0.1, 0.15) is 12.0 Å². The fourth-order valence-corrected chi connectivity index (χ4v) is 0.269. The summed E-state index contributed by atoms with van der Waals surface area (Å²) in [7, 11) is 0. The number of aliphatic hydroxyl groups is 1. The van der Waals surface area contributed by atoms with Gasteiger partial charge in [-0.3, -0.25) is 0 Å². The van der Waals surface area contributed by atoms with E-state index >= 15 is 0 Å². The smallest absolute Gasteiger partial charge is 0.335 e. The highest BCUT2D eigenvalue weighted by Gasteiger charge is 1.93. The first-order chi connectivity index (χ1) is 4.70. The predicted octanol–water partition coefficient (Wildman–Crippen LogP) is 1.35. The summed E-state index contributed by atoms with van der Waals surface area (Å²) in [6, 6.07) is 0. The molecule has 0 radical (unpaired) electrons. The molecular formula is C6H7ClO3. The molecule has 10 heavy (non-hydrogen) atoms. The van der Waals surface area contributed by atoms with E-state index in [1.807, 2.05) is 0 Å². The van der Waals surface area contributed by atoms with Crippen molar-refractivity contribution in [3.63, 3.8) is 0 Å². The minimum atomic E-state index is -0.628. The van der Waals surface area contributed by atoms with Crippen molar-refractivity contribution in [2.24, 2.45) is 0 Å². The molecule has 3 nitrogen and oxygen atoms in total. The Balaban J connectivity index is 3.71. The van der Waals surface area contributed by atoms with Crippen molar-refractivity contribution < 1.29 is 14.6 Å². The molecule has 0 saturated carbocycles. The van der Waals surface area contributed by atoms with Gasteiger partial charge in [0.2, 0.25) is 0 Å². The Hall–Kier alpha value is -0.960. The highest BCUT2D eigenvalue weighted by Crippen LogP contribution is 1.92. The minimum Gasteiger partial charge on any atom is -0.508 e. The first-order valence-electron chi connectivity index (χ1n) is 2.47. The van der Waals surface area contributed by atoms with Crippen LogP contribution in [0.15, 0.2) is 24.7 Å². The molecule has 0 aliphatic heterocycles. The molecule has 0 aromatic heterocycles. The number of hydrogen-bond acceptors (Lipinski definition) is 3. The lowest BCUT2D eigenvalue weighted by Gasteiger charge is -1.92. The summed E-state index contributed by atoms with van der Waals surface area (Å²) in [5.74, 6) is -0.904. The van der Waals surface area contributed by atoms with Gasteiger partial charge in [-0.1, -0.05) is 6.58 Å². The topological polar surface area (TPSA) is 46.5 Å². The van der Waals surface area contributed by atoms with Gasteiger partial charge in [0, 0.05) is 6.08 Å². The number of ether oxygens (including phenoxy) is 1. The zero-order chi connectivity index (χ0) is 7.98. The third kappa shape index (κ3) is 3.97. The zero-order valence-corrected chi connectivity index (χ0v) is 5.97. The fraction of sp³-hybridized carbons (Fsp3) is 0.167. The summed E-state index contributed by atoms with van der Waals surface area (Å²) in [5, 5.41) is 8.62. The lowest BCUT2D eigenvalue weighted by molar-refractivity contribution is -0.132. The summed E-state index contributed by atoms with van der Waals surface area (Å²) in [4.78, 5) is 10.3. The molecule has 0 heterocycles. The number of aliphatic hydroxyl groups excluding tert-OH is 1. The van der Waals surface area contributed by atoms with Crippen molar-refractivity contribution in [3.8, 4) is 0 Å². The van der Waals surface area contributed by atoms with Crippen LogP contribution in [0.25, 0.3) is 0 Å². The van der Waals surface area contributed by atoms with Gasteiger partial charge in [0.05, 0.1) is 5.88 Å². The number of carbonyl (C=O) groups is 1. The Kier molecular flexibility index (Phi) is 4.41. The van der Waals surface area contributed by atoms with Crippen molar-refractivity contribution in [2.45, 2.75) is 0 Å². The number of rotatable bonds is 3. The number of allylic oxidation sites excluding steroid dienone is 1. The Morgan fingerprint density at radius 2 is 2.40 bits per heavy atom. The minimum absolute atomic E-state index is 0.0789. The SMILES string of the molecule is C=CC(=O)O/C=C(/O)CCl. The van der Waals surface area contributed by atoms with Crippen molar-refractivity contribution >= 4 is 17.6 Å². The van der Waals surface area contributed by atoms with E-state index in [-0.39, 0.29) is 11.6 Å². The average Bonchev–Trinajstić information content (AvgIpc) is 1.99. The van der Waals surface area contributed by atoms with Crippen molar-refractivity contribution in [3.05, 3.63) is 24.7 Å². The molecule has 0 aromatic rings. The Morgan fingerprint density at radius 1 is 1.80 bits per heavy atom. The molecule has 0 fully saturated rings. The number of alkyl halides is 1. The number of hydrogen-bond donors (Lipinski definition) is 1. The van der Waals surface area contributed by atoms with Crippen LogP contribution in [-0.2, 0) is 9.53 Å². The van der Waals surface area contributed by atoms with Crippen LogP contribution in [0.4, 0.5) is 0 Å². The summed E-state index contributed by atoms with van der Waals surface area (Å²) in [6.07, 6.45) is 1.86. The third-order valence-corrected chi connectivity index (χ3v) is 0.889. The van der Waals surface area contributed by atoms with E-state index in [9.17, 15) is 4.79 Å². The molecule has 4 heteroatoms. The Morgan fingerprint density at radius 3 is 2.80 bits per heavy atom. The Bertz CT molecular complexity index is 162. The van der Waals surface area contributed by atoms with Crippen LogP contribution < -0.4 is 0 Å². The first-order valence-corrected chi connectivity index (χ1v) is 3.01. The zero-order valence-electron chi connectivity index (χ0n) is 5.21. The molecule has 0 bridgehead atoms. The average molecular weight is 163 g/mol. The van der Waals surface area contributed by atoms with Gasteiger partial charge >= 0.3 is 5.97 Å². The van der Waals surface area contributed by atoms with E-state index in [1.165, 1.54) is 0 Å². The van der Waals surface area contributed by atoms with Crippen LogP contribution in [0.1, 0.15) is 0 Å². The normalized spacial score (nSPS) is 10.7. The van der Waals surface area contributed by atoms with Gasteiger partial charge in [0.25, 0.3) is 0 Å². The van der Waals surface area contributed by atoms with Gasteiger partial charge < -0.3 is 9.84 Å². The standard InChI is InChI=1S/C6H7ClO3/c1-2-6(9)10-4-5(8)3-7/h2,4,8H,1,3H2/b5-4+. The van der Waals surface area contributed by atoms with Gasteiger partial charge in [-0.25, -0.2) is 4.79 Å². The van der Waals surface area contributed by atoms with Crippen molar-refractivity contribution in [2.75, 3.05) is 5.88 Å². The molecule has 1 N–H and O–H groups in total. The number of halogens is 1. The highest BCUT2D eigenvalue weighted by atomic mass is 35.5. The Labute approximate surface area is 63.6 Å². The van der Waals surface area contributed by atoms with Gasteiger partial charge in [0.15, 0.2) is 0 Å². The van der Waals surface area contributed by atoms with E-state index in [0.29, 0.717) is 0 Å². The van der Waals surface area contributed by atoms with E-state index in [2.05, 4.69) is 11.3 Å². The second-order valence-electron chi connectivity index (χ2n) is 1.38. The maximum absolute atomic E-state index is 10.3. The molecule has 0 atom stereocenters. The molecule has 56 valence electrons. The van der Waals surface area contributed by atoms with Crippen LogP contribution in [0.5, 0.6) is 0 Å². The predicted molar refractivity (Wildman–Crippen MR) is 37.7 cm³/mol. The van der Waals surface area contributed by atoms with Gasteiger partial charge in [-0.15, -0.1) is 11.6 Å². The summed E-state index contributed by atoms with van der Waals surface area (Å²) in [6.45, 7) is 3.15. The van der Waals surface area contributed by atoms with E-state index < -0.39 is 5.97 Å². The van der Waals surface area contributed by atoms with Crippen molar-refractivity contribution in [1.82, 2.24) is 0 Å². The molecule has 0 rings (SSSR count). The summed E-state index contributed by atoms with van der Waals surface area (Å²) >= 11 is 5.14. The quantitative estimate of drug-likeness (QED) is 0.295. The van der Waals surface area contributed by atoms with Gasteiger partial charge in [-0.2, -0.15) is 0 Å². The molecule has 0 unspecified atom stereocenters. The van der Waals surface area contributed by atoms with Gasteiger partial charge in [-0.05, 0) is 0 Å².